The monoisotopic (exact) mass is 573 g/mol. The van der Waals surface area contributed by atoms with E-state index in [1.54, 1.807) is 29.2 Å². The molecular formula is C31H28ClN3O4S. The number of halogens is 1. The fraction of sp³-hybridized carbons (Fsp3) is 0.194. The van der Waals surface area contributed by atoms with E-state index in [-0.39, 0.29) is 11.4 Å². The molecule has 0 aliphatic carbocycles. The number of hydrogen-bond donors (Lipinski definition) is 1. The van der Waals surface area contributed by atoms with Crippen molar-refractivity contribution < 1.29 is 19.0 Å². The molecule has 3 aromatic carbocycles. The van der Waals surface area contributed by atoms with Gasteiger partial charge in [0.05, 0.1) is 17.9 Å². The van der Waals surface area contributed by atoms with Crippen molar-refractivity contribution in [3.8, 4) is 17.2 Å². The van der Waals surface area contributed by atoms with Gasteiger partial charge in [0.25, 0.3) is 5.91 Å². The van der Waals surface area contributed by atoms with Gasteiger partial charge in [0, 0.05) is 16.0 Å². The molecule has 7 nitrogen and oxygen atoms in total. The maximum Gasteiger partial charge on any atom is 0.283 e. The smallest absolute Gasteiger partial charge is 0.283 e. The Balaban J connectivity index is 1.32. The van der Waals surface area contributed by atoms with E-state index in [0.717, 1.165) is 11.3 Å². The van der Waals surface area contributed by atoms with Gasteiger partial charge in [-0.3, -0.25) is 15.1 Å². The average molecular weight is 574 g/mol. The average Bonchev–Trinajstić information content (AvgIpc) is 3.36. The minimum absolute atomic E-state index is 0.0351. The van der Waals surface area contributed by atoms with Gasteiger partial charge in [-0.1, -0.05) is 53.7 Å². The number of benzene rings is 3. The van der Waals surface area contributed by atoms with Crippen molar-refractivity contribution in [2.75, 3.05) is 19.8 Å². The predicted octanol–water partition coefficient (Wildman–Crippen LogP) is 7.12. The number of aliphatic imine (C=N–C) groups is 1. The molecule has 0 aromatic heterocycles. The predicted molar refractivity (Wildman–Crippen MR) is 162 cm³/mol. The number of carbonyl (C=O) groups is 1. The van der Waals surface area contributed by atoms with Gasteiger partial charge in [-0.15, -0.1) is 0 Å². The maximum absolute atomic E-state index is 12.9. The lowest BCUT2D eigenvalue weighted by atomic mass is 10.1. The number of hydrogen-bond acceptors (Lipinski definition) is 6. The van der Waals surface area contributed by atoms with E-state index in [0.29, 0.717) is 52.8 Å². The van der Waals surface area contributed by atoms with Crippen molar-refractivity contribution in [2.24, 2.45) is 4.99 Å². The van der Waals surface area contributed by atoms with Crippen molar-refractivity contribution in [3.63, 3.8) is 0 Å². The third kappa shape index (κ3) is 5.78. The fourth-order valence-corrected chi connectivity index (χ4v) is 5.36. The summed E-state index contributed by atoms with van der Waals surface area (Å²) in [6.45, 7) is 7.15. The van der Waals surface area contributed by atoms with E-state index in [2.05, 4.69) is 18.8 Å². The Morgan fingerprint density at radius 2 is 1.77 bits per heavy atom. The molecule has 0 atom stereocenters. The summed E-state index contributed by atoms with van der Waals surface area (Å²) in [5.74, 6) is 1.47. The summed E-state index contributed by atoms with van der Waals surface area (Å²) in [6, 6.07) is 18.8. The Morgan fingerprint density at radius 1 is 0.975 bits per heavy atom. The van der Waals surface area contributed by atoms with Crippen LogP contribution < -0.4 is 14.2 Å². The summed E-state index contributed by atoms with van der Waals surface area (Å²) in [5, 5.41) is 11.7. The van der Waals surface area contributed by atoms with Gasteiger partial charge in [0.1, 0.15) is 24.8 Å². The lowest BCUT2D eigenvalue weighted by molar-refractivity contribution is -0.114. The van der Waals surface area contributed by atoms with Crippen LogP contribution in [0.2, 0.25) is 5.02 Å². The molecule has 0 bridgehead atoms. The third-order valence-corrected chi connectivity index (χ3v) is 7.59. The van der Waals surface area contributed by atoms with Crippen LogP contribution in [0.1, 0.15) is 29.2 Å². The zero-order valence-corrected chi connectivity index (χ0v) is 23.9. The Morgan fingerprint density at radius 3 is 2.55 bits per heavy atom. The van der Waals surface area contributed by atoms with Crippen molar-refractivity contribution in [1.82, 2.24) is 4.90 Å². The van der Waals surface area contributed by atoms with E-state index in [9.17, 15) is 4.79 Å². The van der Waals surface area contributed by atoms with E-state index in [1.807, 2.05) is 54.8 Å². The van der Waals surface area contributed by atoms with Crippen LogP contribution in [0, 0.1) is 19.3 Å². The lowest BCUT2D eigenvalue weighted by Gasteiger charge is -2.27. The summed E-state index contributed by atoms with van der Waals surface area (Å²) in [7, 11) is 0. The molecule has 40 heavy (non-hydrogen) atoms. The molecule has 0 saturated heterocycles. The highest BCUT2D eigenvalue weighted by molar-refractivity contribution is 8.17. The molecule has 1 amide bonds. The highest BCUT2D eigenvalue weighted by Crippen LogP contribution is 2.40. The van der Waals surface area contributed by atoms with Crippen LogP contribution in [0.5, 0.6) is 17.2 Å². The first kappa shape index (κ1) is 27.6. The second-order valence-corrected chi connectivity index (χ2v) is 10.4. The van der Waals surface area contributed by atoms with Crippen molar-refractivity contribution in [1.29, 1.82) is 5.41 Å². The van der Waals surface area contributed by atoms with Crippen LogP contribution in [0.25, 0.3) is 11.8 Å². The fourth-order valence-electron chi connectivity index (χ4n) is 4.24. The van der Waals surface area contributed by atoms with Crippen LogP contribution in [0.15, 0.2) is 76.6 Å². The summed E-state index contributed by atoms with van der Waals surface area (Å²) >= 11 is 7.72. The number of nitrogens with one attached hydrogen (secondary N) is 1. The van der Waals surface area contributed by atoms with E-state index < -0.39 is 5.91 Å². The van der Waals surface area contributed by atoms with Gasteiger partial charge in [-0.25, -0.2) is 0 Å². The number of aryl methyl sites for hydroxylation is 2. The highest BCUT2D eigenvalue weighted by atomic mass is 35.5. The molecule has 5 rings (SSSR count). The van der Waals surface area contributed by atoms with E-state index in [1.165, 1.54) is 22.9 Å². The molecule has 1 N–H and O–H groups in total. The molecule has 2 aliphatic rings. The summed E-state index contributed by atoms with van der Waals surface area (Å²) < 4.78 is 17.6. The molecular weight excluding hydrogens is 546 g/mol. The number of amidine groups is 2. The van der Waals surface area contributed by atoms with E-state index >= 15 is 0 Å². The number of ether oxygens (including phenoxy) is 3. The number of rotatable bonds is 9. The lowest BCUT2D eigenvalue weighted by Crippen LogP contribution is -2.38. The normalized spacial score (nSPS) is 15.6. The SMILES string of the molecule is CCOc1cc(/C=C2/C(=N)N3C(c4ccccc4Cl)=CSC3=NC2=O)ccc1OCCOc1ccc(C)c(C)c1. The first-order valence-electron chi connectivity index (χ1n) is 12.8. The Hall–Kier alpha value is -4.01. The minimum atomic E-state index is -0.473. The van der Waals surface area contributed by atoms with Gasteiger partial charge < -0.3 is 14.2 Å². The van der Waals surface area contributed by atoms with E-state index in [4.69, 9.17) is 31.2 Å². The topological polar surface area (TPSA) is 84.2 Å². The largest absolute Gasteiger partial charge is 0.490 e. The Labute approximate surface area is 242 Å². The second kappa shape index (κ2) is 12.0. The van der Waals surface area contributed by atoms with Gasteiger partial charge >= 0.3 is 0 Å². The van der Waals surface area contributed by atoms with Gasteiger partial charge in [-0.05, 0) is 73.9 Å². The molecule has 3 aromatic rings. The molecule has 0 radical (unpaired) electrons. The maximum atomic E-state index is 12.9. The van der Waals surface area contributed by atoms with Crippen LogP contribution in [-0.4, -0.2) is 41.6 Å². The number of nitrogens with zero attached hydrogens (tertiary/aromatic N) is 2. The Kier molecular flexibility index (Phi) is 8.28. The standard InChI is InChI=1S/C31H28ClN3O4S/c1-4-37-28-17-21(10-12-27(28)39-14-13-38-22-11-9-19(2)20(3)15-22)16-24-29(33)35-26(18-40-31(35)34-30(24)36)23-7-5-6-8-25(23)32/h5-12,15-18,33H,4,13-14H2,1-3H3/b24-16-,33-29?. The van der Waals surface area contributed by atoms with Crippen molar-refractivity contribution >= 4 is 52.0 Å². The van der Waals surface area contributed by atoms with Gasteiger partial charge in [-0.2, -0.15) is 4.99 Å². The molecule has 2 aliphatic heterocycles. The number of thioether (sulfide) groups is 1. The summed E-state index contributed by atoms with van der Waals surface area (Å²) in [4.78, 5) is 18.8. The van der Waals surface area contributed by atoms with Crippen molar-refractivity contribution in [2.45, 2.75) is 20.8 Å². The van der Waals surface area contributed by atoms with Crippen molar-refractivity contribution in [3.05, 3.63) is 98.9 Å². The molecule has 0 unspecified atom stereocenters. The van der Waals surface area contributed by atoms with Gasteiger partial charge in [0.2, 0.25) is 0 Å². The second-order valence-electron chi connectivity index (χ2n) is 9.12. The number of carbonyl (C=O) groups excluding carboxylic acids is 1. The van der Waals surface area contributed by atoms with Gasteiger partial charge in [0.15, 0.2) is 16.7 Å². The van der Waals surface area contributed by atoms with Crippen LogP contribution in [0.4, 0.5) is 0 Å². The highest BCUT2D eigenvalue weighted by Gasteiger charge is 2.36. The zero-order valence-electron chi connectivity index (χ0n) is 22.4. The molecule has 0 fully saturated rings. The molecule has 9 heteroatoms. The molecule has 204 valence electrons. The van der Waals surface area contributed by atoms with Crippen LogP contribution in [0.3, 0.4) is 0 Å². The summed E-state index contributed by atoms with van der Waals surface area (Å²) in [5.41, 5.74) is 4.72. The number of amides is 1. The first-order chi connectivity index (χ1) is 19.4. The molecule has 0 spiro atoms. The van der Waals surface area contributed by atoms with Crippen LogP contribution >= 0.6 is 23.4 Å². The third-order valence-electron chi connectivity index (χ3n) is 6.43. The summed E-state index contributed by atoms with van der Waals surface area (Å²) in [6.07, 6.45) is 1.65. The first-order valence-corrected chi connectivity index (χ1v) is 14.1. The Bertz CT molecular complexity index is 1580. The minimum Gasteiger partial charge on any atom is -0.490 e. The molecule has 2 heterocycles. The molecule has 0 saturated carbocycles. The number of fused-ring (bicyclic) bond motifs is 1. The quantitative estimate of drug-likeness (QED) is 0.217. The van der Waals surface area contributed by atoms with Crippen LogP contribution in [-0.2, 0) is 4.79 Å². The zero-order chi connectivity index (χ0) is 28.2.